The number of benzene rings is 1. The summed E-state index contributed by atoms with van der Waals surface area (Å²) in [5, 5.41) is 3.51. The van der Waals surface area contributed by atoms with Crippen LogP contribution in [0.5, 0.6) is 0 Å². The zero-order valence-electron chi connectivity index (χ0n) is 13.8. The highest BCUT2D eigenvalue weighted by Crippen LogP contribution is 2.16. The molecule has 1 aromatic rings. The van der Waals surface area contributed by atoms with Crippen LogP contribution in [0.25, 0.3) is 0 Å². The van der Waals surface area contributed by atoms with Gasteiger partial charge in [0.15, 0.2) is 0 Å². The molecule has 1 aliphatic heterocycles. The summed E-state index contributed by atoms with van der Waals surface area (Å²) < 4.78 is 5.45. The van der Waals surface area contributed by atoms with Crippen molar-refractivity contribution < 1.29 is 9.53 Å². The molecule has 5 heteroatoms. The van der Waals surface area contributed by atoms with Crippen LogP contribution in [0, 0.1) is 0 Å². The van der Waals surface area contributed by atoms with Crippen LogP contribution in [-0.2, 0) is 11.3 Å². The van der Waals surface area contributed by atoms with Gasteiger partial charge in [0.2, 0.25) is 0 Å². The van der Waals surface area contributed by atoms with Crippen LogP contribution < -0.4 is 11.1 Å². The monoisotopic (exact) mass is 305 g/mol. The van der Waals surface area contributed by atoms with Gasteiger partial charge in [0.1, 0.15) is 5.60 Å². The summed E-state index contributed by atoms with van der Waals surface area (Å²) >= 11 is 0. The van der Waals surface area contributed by atoms with E-state index in [2.05, 4.69) is 5.32 Å². The van der Waals surface area contributed by atoms with Gasteiger partial charge in [-0.2, -0.15) is 0 Å². The van der Waals surface area contributed by atoms with E-state index >= 15 is 0 Å². The molecule has 0 saturated carbocycles. The number of nitrogens with zero attached hydrogens (tertiary/aromatic N) is 1. The van der Waals surface area contributed by atoms with Crippen LogP contribution in [0.3, 0.4) is 0 Å². The van der Waals surface area contributed by atoms with E-state index in [1.165, 1.54) is 5.56 Å². The molecule has 1 heterocycles. The number of hydrogen-bond donors (Lipinski definition) is 2. The molecule has 5 nitrogen and oxygen atoms in total. The van der Waals surface area contributed by atoms with E-state index in [0.29, 0.717) is 12.6 Å². The molecule has 0 unspecified atom stereocenters. The zero-order chi connectivity index (χ0) is 16.2. The van der Waals surface area contributed by atoms with E-state index in [1.54, 1.807) is 4.90 Å². The predicted octanol–water partition coefficient (Wildman–Crippen LogP) is 2.76. The summed E-state index contributed by atoms with van der Waals surface area (Å²) in [4.78, 5) is 13.9. The Morgan fingerprint density at radius 2 is 2.05 bits per heavy atom. The number of carbonyl (C=O) groups is 1. The zero-order valence-corrected chi connectivity index (χ0v) is 13.8. The number of nitrogens with two attached hydrogens (primary N) is 1. The molecule has 0 radical (unpaired) electrons. The summed E-state index contributed by atoms with van der Waals surface area (Å²) in [7, 11) is 0. The van der Waals surface area contributed by atoms with E-state index in [9.17, 15) is 4.79 Å². The van der Waals surface area contributed by atoms with Crippen LogP contribution >= 0.6 is 0 Å². The van der Waals surface area contributed by atoms with E-state index in [1.807, 2.05) is 45.0 Å². The second-order valence-corrected chi connectivity index (χ2v) is 6.89. The maximum atomic E-state index is 12.1. The Morgan fingerprint density at radius 3 is 2.68 bits per heavy atom. The van der Waals surface area contributed by atoms with Crippen molar-refractivity contribution in [3.8, 4) is 0 Å². The number of amides is 1. The number of likely N-dealkylation sites (tertiary alicyclic amines) is 1. The molecular formula is C17H27N3O2. The summed E-state index contributed by atoms with van der Waals surface area (Å²) in [6.07, 6.45) is 1.86. The summed E-state index contributed by atoms with van der Waals surface area (Å²) in [5.74, 6) is 0. The molecule has 1 aliphatic rings. The van der Waals surface area contributed by atoms with Crippen molar-refractivity contribution in [2.24, 2.45) is 0 Å². The summed E-state index contributed by atoms with van der Waals surface area (Å²) in [6.45, 7) is 7.94. The van der Waals surface area contributed by atoms with Gasteiger partial charge >= 0.3 is 6.09 Å². The standard InChI is InChI=1S/C17H27N3O2/c1-17(2,3)22-16(21)20-10-4-5-15(12-20)19-11-13-6-8-14(18)9-7-13/h6-9,15,19H,4-5,10-12,18H2,1-3H3/t15-/m0/s1. The van der Waals surface area contributed by atoms with Gasteiger partial charge in [-0.15, -0.1) is 0 Å². The van der Waals surface area contributed by atoms with Crippen LogP contribution in [-0.4, -0.2) is 35.7 Å². The number of nitrogen functional groups attached to an aromatic ring is 1. The SMILES string of the molecule is CC(C)(C)OC(=O)N1CCC[C@H](NCc2ccc(N)cc2)C1. The average Bonchev–Trinajstić information content (AvgIpc) is 2.45. The van der Waals surface area contributed by atoms with Crippen molar-refractivity contribution >= 4 is 11.8 Å². The number of hydrogen-bond acceptors (Lipinski definition) is 4. The number of anilines is 1. The fourth-order valence-corrected chi connectivity index (χ4v) is 2.53. The number of rotatable bonds is 3. The Bertz CT molecular complexity index is 494. The molecule has 1 aromatic carbocycles. The van der Waals surface area contributed by atoms with Crippen molar-refractivity contribution in [3.05, 3.63) is 29.8 Å². The number of nitrogens with one attached hydrogen (secondary N) is 1. The number of piperidine rings is 1. The molecule has 0 spiro atoms. The van der Waals surface area contributed by atoms with E-state index < -0.39 is 5.60 Å². The Hall–Kier alpha value is -1.75. The van der Waals surface area contributed by atoms with Crippen molar-refractivity contribution in [3.63, 3.8) is 0 Å². The summed E-state index contributed by atoms with van der Waals surface area (Å²) in [6, 6.07) is 8.17. The Balaban J connectivity index is 1.82. The van der Waals surface area contributed by atoms with Crippen molar-refractivity contribution in [2.75, 3.05) is 18.8 Å². The lowest BCUT2D eigenvalue weighted by molar-refractivity contribution is 0.0187. The molecule has 1 fully saturated rings. The van der Waals surface area contributed by atoms with Gasteiger partial charge < -0.3 is 20.7 Å². The minimum Gasteiger partial charge on any atom is -0.444 e. The van der Waals surface area contributed by atoms with Crippen molar-refractivity contribution in [1.29, 1.82) is 0 Å². The Kier molecular flexibility index (Phi) is 5.29. The van der Waals surface area contributed by atoms with E-state index in [4.69, 9.17) is 10.5 Å². The largest absolute Gasteiger partial charge is 0.444 e. The maximum Gasteiger partial charge on any atom is 0.410 e. The third kappa shape index (κ3) is 5.22. The normalized spacial score (nSPS) is 19.0. The molecule has 1 atom stereocenters. The Labute approximate surface area is 132 Å². The molecular weight excluding hydrogens is 278 g/mol. The predicted molar refractivity (Wildman–Crippen MR) is 88.5 cm³/mol. The highest BCUT2D eigenvalue weighted by molar-refractivity contribution is 5.68. The van der Waals surface area contributed by atoms with E-state index in [0.717, 1.165) is 31.6 Å². The summed E-state index contributed by atoms with van der Waals surface area (Å²) in [5.41, 5.74) is 7.22. The third-order valence-corrected chi connectivity index (χ3v) is 3.65. The first kappa shape index (κ1) is 16.6. The Morgan fingerprint density at radius 1 is 1.36 bits per heavy atom. The maximum absolute atomic E-state index is 12.1. The molecule has 122 valence electrons. The fourth-order valence-electron chi connectivity index (χ4n) is 2.53. The van der Waals surface area contributed by atoms with Gasteiger partial charge in [-0.05, 0) is 51.3 Å². The topological polar surface area (TPSA) is 67.6 Å². The molecule has 0 bridgehead atoms. The minimum absolute atomic E-state index is 0.216. The van der Waals surface area contributed by atoms with Crippen LogP contribution in [0.4, 0.5) is 10.5 Å². The van der Waals surface area contributed by atoms with Gasteiger partial charge in [-0.3, -0.25) is 0 Å². The first-order valence-corrected chi connectivity index (χ1v) is 7.89. The molecule has 1 amide bonds. The van der Waals surface area contributed by atoms with Crippen LogP contribution in [0.1, 0.15) is 39.2 Å². The smallest absolute Gasteiger partial charge is 0.410 e. The lowest BCUT2D eigenvalue weighted by Gasteiger charge is -2.34. The van der Waals surface area contributed by atoms with Gasteiger partial charge in [-0.1, -0.05) is 12.1 Å². The second-order valence-electron chi connectivity index (χ2n) is 6.89. The molecule has 2 rings (SSSR count). The molecule has 0 aromatic heterocycles. The highest BCUT2D eigenvalue weighted by Gasteiger charge is 2.27. The average molecular weight is 305 g/mol. The third-order valence-electron chi connectivity index (χ3n) is 3.65. The molecule has 3 N–H and O–H groups in total. The van der Waals surface area contributed by atoms with Gasteiger partial charge in [0, 0.05) is 31.4 Å². The first-order chi connectivity index (χ1) is 10.3. The van der Waals surface area contributed by atoms with Crippen LogP contribution in [0.2, 0.25) is 0 Å². The van der Waals surface area contributed by atoms with Gasteiger partial charge in [-0.25, -0.2) is 4.79 Å². The fraction of sp³-hybridized carbons (Fsp3) is 0.588. The second kappa shape index (κ2) is 7.01. The van der Waals surface area contributed by atoms with Gasteiger partial charge in [0.05, 0.1) is 0 Å². The quantitative estimate of drug-likeness (QED) is 0.843. The molecule has 0 aliphatic carbocycles. The van der Waals surface area contributed by atoms with Crippen molar-refractivity contribution in [2.45, 2.75) is 51.8 Å². The van der Waals surface area contributed by atoms with Gasteiger partial charge in [0.25, 0.3) is 0 Å². The number of ether oxygens (including phenoxy) is 1. The highest BCUT2D eigenvalue weighted by atomic mass is 16.6. The lowest BCUT2D eigenvalue weighted by atomic mass is 10.1. The number of carbonyl (C=O) groups excluding carboxylic acids is 1. The molecule has 1 saturated heterocycles. The minimum atomic E-state index is -0.443. The van der Waals surface area contributed by atoms with Crippen LogP contribution in [0.15, 0.2) is 24.3 Å². The first-order valence-electron chi connectivity index (χ1n) is 7.89. The van der Waals surface area contributed by atoms with E-state index in [-0.39, 0.29) is 6.09 Å². The lowest BCUT2D eigenvalue weighted by Crippen LogP contribution is -2.49. The van der Waals surface area contributed by atoms with Crippen molar-refractivity contribution in [1.82, 2.24) is 10.2 Å². The molecule has 22 heavy (non-hydrogen) atoms.